The Balaban J connectivity index is 2.15. The van der Waals surface area contributed by atoms with Crippen LogP contribution in [0.2, 0.25) is 5.15 Å². The molecule has 1 amide bonds. The predicted molar refractivity (Wildman–Crippen MR) is 78.2 cm³/mol. The van der Waals surface area contributed by atoms with Gasteiger partial charge in [-0.3, -0.25) is 14.9 Å². The van der Waals surface area contributed by atoms with E-state index in [1.165, 1.54) is 0 Å². The van der Waals surface area contributed by atoms with Crippen LogP contribution in [0.15, 0.2) is 12.3 Å². The maximum atomic E-state index is 12.3. The van der Waals surface area contributed by atoms with Gasteiger partial charge in [0, 0.05) is 18.2 Å². The molecule has 1 aromatic rings. The Morgan fingerprint density at radius 3 is 2.86 bits per heavy atom. The molecule has 2 rings (SSSR count). The fourth-order valence-electron chi connectivity index (χ4n) is 2.46. The molecule has 1 aliphatic carbocycles. The number of aromatic nitrogens is 1. The van der Waals surface area contributed by atoms with Crippen molar-refractivity contribution < 1.29 is 9.72 Å². The van der Waals surface area contributed by atoms with Crippen molar-refractivity contribution in [3.05, 3.63) is 33.1 Å². The number of nitro groups is 1. The zero-order valence-corrected chi connectivity index (χ0v) is 12.2. The van der Waals surface area contributed by atoms with Gasteiger partial charge in [-0.2, -0.15) is 0 Å². The first-order valence-corrected chi connectivity index (χ1v) is 7.23. The molecule has 1 fully saturated rings. The lowest BCUT2D eigenvalue weighted by atomic mass is 10.0. The SMILES string of the molecule is NC1CCCCCC1NC(=O)c1cc([N+](=O)[O-])cnc1Cl. The van der Waals surface area contributed by atoms with Crippen LogP contribution in [0.5, 0.6) is 0 Å². The maximum Gasteiger partial charge on any atom is 0.288 e. The van der Waals surface area contributed by atoms with Crippen molar-refractivity contribution in [2.75, 3.05) is 0 Å². The summed E-state index contributed by atoms with van der Waals surface area (Å²) in [6.07, 6.45) is 5.82. The van der Waals surface area contributed by atoms with Crippen molar-refractivity contribution in [3.63, 3.8) is 0 Å². The number of nitrogens with one attached hydrogen (secondary N) is 1. The molecule has 0 bridgehead atoms. The average molecular weight is 313 g/mol. The topological polar surface area (TPSA) is 111 Å². The van der Waals surface area contributed by atoms with Gasteiger partial charge in [0.25, 0.3) is 11.6 Å². The maximum absolute atomic E-state index is 12.3. The second-order valence-electron chi connectivity index (χ2n) is 5.17. The van der Waals surface area contributed by atoms with Crippen molar-refractivity contribution in [1.82, 2.24) is 10.3 Å². The lowest BCUT2D eigenvalue weighted by Crippen LogP contribution is -2.47. The summed E-state index contributed by atoms with van der Waals surface area (Å²) in [5, 5.41) is 13.5. The Bertz CT molecular complexity index is 552. The van der Waals surface area contributed by atoms with Gasteiger partial charge in [0.1, 0.15) is 11.3 Å². The highest BCUT2D eigenvalue weighted by Crippen LogP contribution is 2.21. The second kappa shape index (κ2) is 6.82. The minimum Gasteiger partial charge on any atom is -0.348 e. The number of halogens is 1. The van der Waals surface area contributed by atoms with E-state index in [0.29, 0.717) is 0 Å². The molecule has 21 heavy (non-hydrogen) atoms. The number of nitrogens with two attached hydrogens (primary N) is 1. The van der Waals surface area contributed by atoms with Crippen molar-refractivity contribution in [3.8, 4) is 0 Å². The lowest BCUT2D eigenvalue weighted by molar-refractivity contribution is -0.385. The summed E-state index contributed by atoms with van der Waals surface area (Å²) >= 11 is 5.86. The zero-order chi connectivity index (χ0) is 15.4. The van der Waals surface area contributed by atoms with Gasteiger partial charge >= 0.3 is 0 Å². The average Bonchev–Trinajstić information content (AvgIpc) is 2.64. The van der Waals surface area contributed by atoms with E-state index in [0.717, 1.165) is 44.4 Å². The molecule has 2 unspecified atom stereocenters. The van der Waals surface area contributed by atoms with Crippen LogP contribution in [0.3, 0.4) is 0 Å². The quantitative estimate of drug-likeness (QED) is 0.384. The fourth-order valence-corrected chi connectivity index (χ4v) is 2.65. The van der Waals surface area contributed by atoms with E-state index in [1.54, 1.807) is 0 Å². The number of carbonyl (C=O) groups excluding carboxylic acids is 1. The van der Waals surface area contributed by atoms with Gasteiger partial charge in [-0.15, -0.1) is 0 Å². The Morgan fingerprint density at radius 1 is 1.43 bits per heavy atom. The molecule has 7 nitrogen and oxygen atoms in total. The molecule has 8 heteroatoms. The number of amides is 1. The molecular formula is C13H17ClN4O3. The molecule has 0 saturated heterocycles. The monoisotopic (exact) mass is 312 g/mol. The zero-order valence-electron chi connectivity index (χ0n) is 11.4. The number of hydrogen-bond donors (Lipinski definition) is 2. The number of rotatable bonds is 3. The van der Waals surface area contributed by atoms with Crippen LogP contribution >= 0.6 is 11.6 Å². The normalized spacial score (nSPS) is 22.4. The van der Waals surface area contributed by atoms with E-state index in [2.05, 4.69) is 10.3 Å². The number of nitrogens with zero attached hydrogens (tertiary/aromatic N) is 2. The Hall–Kier alpha value is -1.73. The van der Waals surface area contributed by atoms with Crippen LogP contribution in [-0.4, -0.2) is 27.9 Å². The Kier molecular flexibility index (Phi) is 5.08. The summed E-state index contributed by atoms with van der Waals surface area (Å²) in [5.74, 6) is -0.474. The third kappa shape index (κ3) is 3.89. The molecule has 1 aromatic heterocycles. The van der Waals surface area contributed by atoms with Gasteiger partial charge in [0.2, 0.25) is 0 Å². The van der Waals surface area contributed by atoms with Crippen LogP contribution < -0.4 is 11.1 Å². The Labute approximate surface area is 127 Å². The summed E-state index contributed by atoms with van der Waals surface area (Å²) in [4.78, 5) is 26.1. The summed E-state index contributed by atoms with van der Waals surface area (Å²) in [6, 6.07) is 0.879. The molecule has 114 valence electrons. The highest BCUT2D eigenvalue weighted by atomic mass is 35.5. The largest absolute Gasteiger partial charge is 0.348 e. The van der Waals surface area contributed by atoms with Crippen molar-refractivity contribution >= 4 is 23.2 Å². The second-order valence-corrected chi connectivity index (χ2v) is 5.53. The highest BCUT2D eigenvalue weighted by Gasteiger charge is 2.24. The van der Waals surface area contributed by atoms with Gasteiger partial charge in [-0.25, -0.2) is 4.98 Å². The van der Waals surface area contributed by atoms with Crippen LogP contribution in [0.4, 0.5) is 5.69 Å². The van der Waals surface area contributed by atoms with E-state index < -0.39 is 10.8 Å². The molecule has 1 saturated carbocycles. The fraction of sp³-hybridized carbons (Fsp3) is 0.538. The van der Waals surface area contributed by atoms with E-state index in [9.17, 15) is 14.9 Å². The van der Waals surface area contributed by atoms with Crippen LogP contribution in [0, 0.1) is 10.1 Å². The third-order valence-corrected chi connectivity index (χ3v) is 3.97. The van der Waals surface area contributed by atoms with E-state index in [-0.39, 0.29) is 28.5 Å². The molecule has 1 aliphatic rings. The summed E-state index contributed by atoms with van der Waals surface area (Å²) in [7, 11) is 0. The third-order valence-electron chi connectivity index (χ3n) is 3.67. The first-order chi connectivity index (χ1) is 9.99. The first-order valence-electron chi connectivity index (χ1n) is 6.85. The predicted octanol–water partition coefficient (Wildman–Crippen LogP) is 2.03. The van der Waals surface area contributed by atoms with E-state index in [4.69, 9.17) is 17.3 Å². The number of hydrogen-bond acceptors (Lipinski definition) is 5. The summed E-state index contributed by atoms with van der Waals surface area (Å²) in [6.45, 7) is 0. The molecule has 3 N–H and O–H groups in total. The van der Waals surface area contributed by atoms with Crippen molar-refractivity contribution in [2.24, 2.45) is 5.73 Å². The molecular weight excluding hydrogens is 296 g/mol. The molecule has 1 heterocycles. The van der Waals surface area contributed by atoms with Crippen molar-refractivity contribution in [1.29, 1.82) is 0 Å². The lowest BCUT2D eigenvalue weighted by Gasteiger charge is -2.22. The number of pyridine rings is 1. The van der Waals surface area contributed by atoms with Crippen LogP contribution in [-0.2, 0) is 0 Å². The molecule has 0 aliphatic heterocycles. The van der Waals surface area contributed by atoms with E-state index in [1.807, 2.05) is 0 Å². The minimum absolute atomic E-state index is 0.00214. The molecule has 0 radical (unpaired) electrons. The molecule has 0 spiro atoms. The van der Waals surface area contributed by atoms with Gasteiger partial charge in [-0.1, -0.05) is 30.9 Å². The smallest absolute Gasteiger partial charge is 0.288 e. The number of carbonyl (C=O) groups is 1. The standard InChI is InChI=1S/C13H17ClN4O3/c14-12-9(6-8(7-16-12)18(20)21)13(19)17-11-5-3-1-2-4-10(11)15/h6-7,10-11H,1-5,15H2,(H,17,19). The van der Waals surface area contributed by atoms with Gasteiger partial charge in [0.15, 0.2) is 0 Å². The first kappa shape index (κ1) is 15.7. The Morgan fingerprint density at radius 2 is 2.14 bits per heavy atom. The van der Waals surface area contributed by atoms with Gasteiger partial charge in [-0.05, 0) is 12.8 Å². The summed E-state index contributed by atoms with van der Waals surface area (Å²) < 4.78 is 0. The molecule has 2 atom stereocenters. The van der Waals surface area contributed by atoms with Crippen LogP contribution in [0.1, 0.15) is 42.5 Å². The summed E-state index contributed by atoms with van der Waals surface area (Å²) in [5.41, 5.74) is 5.78. The minimum atomic E-state index is -0.614. The molecule has 0 aromatic carbocycles. The highest BCUT2D eigenvalue weighted by molar-refractivity contribution is 6.32. The van der Waals surface area contributed by atoms with Gasteiger partial charge < -0.3 is 11.1 Å². The van der Waals surface area contributed by atoms with Gasteiger partial charge in [0.05, 0.1) is 10.5 Å². The van der Waals surface area contributed by atoms with E-state index >= 15 is 0 Å². The van der Waals surface area contributed by atoms with Crippen LogP contribution in [0.25, 0.3) is 0 Å². The van der Waals surface area contributed by atoms with Crippen molar-refractivity contribution in [2.45, 2.75) is 44.2 Å².